The van der Waals surface area contributed by atoms with Crippen LogP contribution >= 0.6 is 34.8 Å². The predicted molar refractivity (Wildman–Crippen MR) is 72.9 cm³/mol. The summed E-state index contributed by atoms with van der Waals surface area (Å²) in [7, 11) is 0. The van der Waals surface area contributed by atoms with Gasteiger partial charge >= 0.3 is 0 Å². The third-order valence-electron chi connectivity index (χ3n) is 2.42. The molecule has 3 N–H and O–H groups in total. The van der Waals surface area contributed by atoms with Crippen LogP contribution in [-0.4, -0.2) is 12.5 Å². The first-order valence-corrected chi connectivity index (χ1v) is 6.28. The molecule has 1 amide bonds. The zero-order valence-electron chi connectivity index (χ0n) is 9.27. The zero-order valence-corrected chi connectivity index (χ0v) is 11.5. The maximum Gasteiger partial charge on any atom is 0.228 e. The van der Waals surface area contributed by atoms with Crippen LogP contribution in [0, 0.1) is 5.92 Å². The number of carbonyl (C=O) groups is 1. The molecule has 0 aliphatic rings. The first kappa shape index (κ1) is 14.6. The Morgan fingerprint density at radius 2 is 1.88 bits per heavy atom. The molecule has 3 nitrogen and oxygen atoms in total. The highest BCUT2D eigenvalue weighted by atomic mass is 35.5. The summed E-state index contributed by atoms with van der Waals surface area (Å²) in [6.45, 7) is 2.19. The van der Waals surface area contributed by atoms with Gasteiger partial charge < -0.3 is 11.1 Å². The number of hydrogen-bond donors (Lipinski definition) is 2. The molecule has 0 saturated carbocycles. The number of nitrogens with one attached hydrogen (secondary N) is 1. The second-order valence-electron chi connectivity index (χ2n) is 3.58. The highest BCUT2D eigenvalue weighted by molar-refractivity contribution is 6.44. The van der Waals surface area contributed by atoms with E-state index in [2.05, 4.69) is 5.32 Å². The average Bonchev–Trinajstić information content (AvgIpc) is 2.27. The van der Waals surface area contributed by atoms with Gasteiger partial charge in [-0.05, 0) is 18.6 Å². The Morgan fingerprint density at radius 3 is 2.41 bits per heavy atom. The van der Waals surface area contributed by atoms with Crippen molar-refractivity contribution < 1.29 is 4.79 Å². The average molecular weight is 296 g/mol. The van der Waals surface area contributed by atoms with Crippen LogP contribution in [0.1, 0.15) is 13.3 Å². The van der Waals surface area contributed by atoms with Crippen molar-refractivity contribution in [2.45, 2.75) is 13.3 Å². The fourth-order valence-corrected chi connectivity index (χ4v) is 1.91. The number of anilines is 1. The predicted octanol–water partition coefficient (Wildman–Crippen LogP) is 3.57. The number of benzene rings is 1. The molecular weight excluding hydrogens is 282 g/mol. The second kappa shape index (κ2) is 6.45. The van der Waals surface area contributed by atoms with Crippen LogP contribution in [-0.2, 0) is 4.79 Å². The van der Waals surface area contributed by atoms with Crippen LogP contribution in [0.5, 0.6) is 0 Å². The standard InChI is InChI=1S/C11H13Cl3N2O/c1-2-6(5-15)11(17)16-10-4-8(13)7(12)3-9(10)14/h3-4,6H,2,5,15H2,1H3,(H,16,17). The summed E-state index contributed by atoms with van der Waals surface area (Å²) in [5.74, 6) is -0.407. The fourth-order valence-electron chi connectivity index (χ4n) is 1.31. The lowest BCUT2D eigenvalue weighted by atomic mass is 10.1. The van der Waals surface area contributed by atoms with E-state index in [0.29, 0.717) is 33.7 Å². The minimum atomic E-state index is -0.236. The highest BCUT2D eigenvalue weighted by Crippen LogP contribution is 2.32. The van der Waals surface area contributed by atoms with Crippen molar-refractivity contribution in [3.63, 3.8) is 0 Å². The molecule has 0 bridgehead atoms. The Hall–Kier alpha value is -0.480. The van der Waals surface area contributed by atoms with E-state index in [-0.39, 0.29) is 11.8 Å². The molecule has 0 spiro atoms. The molecule has 1 rings (SSSR count). The van der Waals surface area contributed by atoms with E-state index in [4.69, 9.17) is 40.5 Å². The summed E-state index contributed by atoms with van der Waals surface area (Å²) >= 11 is 17.6. The summed E-state index contributed by atoms with van der Waals surface area (Å²) in [5.41, 5.74) is 5.93. The number of halogens is 3. The zero-order chi connectivity index (χ0) is 13.0. The fraction of sp³-hybridized carbons (Fsp3) is 0.364. The van der Waals surface area contributed by atoms with Crippen molar-refractivity contribution >= 4 is 46.4 Å². The molecule has 0 heterocycles. The number of carbonyl (C=O) groups excluding carboxylic acids is 1. The van der Waals surface area contributed by atoms with E-state index in [1.54, 1.807) is 0 Å². The molecule has 0 aliphatic heterocycles. The topological polar surface area (TPSA) is 55.1 Å². The lowest BCUT2D eigenvalue weighted by Crippen LogP contribution is -2.28. The van der Waals surface area contributed by atoms with Gasteiger partial charge in [-0.2, -0.15) is 0 Å². The van der Waals surface area contributed by atoms with E-state index in [9.17, 15) is 4.79 Å². The van der Waals surface area contributed by atoms with Crippen molar-refractivity contribution in [3.05, 3.63) is 27.2 Å². The van der Waals surface area contributed by atoms with Gasteiger partial charge in [0.1, 0.15) is 0 Å². The molecule has 0 radical (unpaired) electrons. The molecule has 1 unspecified atom stereocenters. The smallest absolute Gasteiger partial charge is 0.228 e. The van der Waals surface area contributed by atoms with Crippen LogP contribution in [0.2, 0.25) is 15.1 Å². The van der Waals surface area contributed by atoms with Gasteiger partial charge in [0, 0.05) is 6.54 Å². The number of hydrogen-bond acceptors (Lipinski definition) is 2. The van der Waals surface area contributed by atoms with E-state index in [1.165, 1.54) is 12.1 Å². The van der Waals surface area contributed by atoms with Crippen molar-refractivity contribution in [3.8, 4) is 0 Å². The van der Waals surface area contributed by atoms with Crippen LogP contribution in [0.3, 0.4) is 0 Å². The van der Waals surface area contributed by atoms with Crippen LogP contribution in [0.25, 0.3) is 0 Å². The normalized spacial score (nSPS) is 12.3. The third kappa shape index (κ3) is 3.75. The van der Waals surface area contributed by atoms with E-state index < -0.39 is 0 Å². The molecule has 0 saturated heterocycles. The van der Waals surface area contributed by atoms with E-state index in [0.717, 1.165) is 0 Å². The van der Waals surface area contributed by atoms with Crippen molar-refractivity contribution in [1.82, 2.24) is 0 Å². The SMILES string of the molecule is CCC(CN)C(=O)Nc1cc(Cl)c(Cl)cc1Cl. The second-order valence-corrected chi connectivity index (χ2v) is 4.80. The van der Waals surface area contributed by atoms with Crippen molar-refractivity contribution in [1.29, 1.82) is 0 Å². The largest absolute Gasteiger partial charge is 0.330 e. The first-order chi connectivity index (χ1) is 7.99. The van der Waals surface area contributed by atoms with Gasteiger partial charge in [0.25, 0.3) is 0 Å². The summed E-state index contributed by atoms with van der Waals surface area (Å²) in [6, 6.07) is 3.01. The maximum atomic E-state index is 11.8. The molecular formula is C11H13Cl3N2O. The molecule has 0 aliphatic carbocycles. The Bertz CT molecular complexity index is 419. The van der Waals surface area contributed by atoms with Crippen LogP contribution in [0.4, 0.5) is 5.69 Å². The summed E-state index contributed by atoms with van der Waals surface area (Å²) in [6.07, 6.45) is 0.668. The van der Waals surface area contributed by atoms with Gasteiger partial charge in [-0.15, -0.1) is 0 Å². The number of amides is 1. The Labute approximate surface area is 115 Å². The van der Waals surface area contributed by atoms with Crippen molar-refractivity contribution in [2.75, 3.05) is 11.9 Å². The summed E-state index contributed by atoms with van der Waals surface area (Å²) < 4.78 is 0. The van der Waals surface area contributed by atoms with Crippen LogP contribution < -0.4 is 11.1 Å². The molecule has 6 heteroatoms. The van der Waals surface area contributed by atoms with Gasteiger partial charge in [-0.3, -0.25) is 4.79 Å². The molecule has 0 fully saturated rings. The third-order valence-corrected chi connectivity index (χ3v) is 3.45. The molecule has 0 aromatic heterocycles. The van der Waals surface area contributed by atoms with E-state index >= 15 is 0 Å². The molecule has 17 heavy (non-hydrogen) atoms. The first-order valence-electron chi connectivity index (χ1n) is 5.15. The van der Waals surface area contributed by atoms with E-state index in [1.807, 2.05) is 6.92 Å². The number of rotatable bonds is 4. The molecule has 94 valence electrons. The maximum absolute atomic E-state index is 11.8. The van der Waals surface area contributed by atoms with Crippen LogP contribution in [0.15, 0.2) is 12.1 Å². The van der Waals surface area contributed by atoms with Gasteiger partial charge in [0.15, 0.2) is 0 Å². The molecule has 1 atom stereocenters. The Balaban J connectivity index is 2.88. The summed E-state index contributed by atoms with van der Waals surface area (Å²) in [5, 5.41) is 3.72. The Kier molecular flexibility index (Phi) is 5.53. The molecule has 1 aromatic rings. The molecule has 1 aromatic carbocycles. The monoisotopic (exact) mass is 294 g/mol. The van der Waals surface area contributed by atoms with Crippen molar-refractivity contribution in [2.24, 2.45) is 11.7 Å². The number of nitrogens with two attached hydrogens (primary N) is 1. The quantitative estimate of drug-likeness (QED) is 0.834. The summed E-state index contributed by atoms with van der Waals surface area (Å²) in [4.78, 5) is 11.8. The van der Waals surface area contributed by atoms with Gasteiger partial charge in [-0.25, -0.2) is 0 Å². The minimum Gasteiger partial charge on any atom is -0.330 e. The van der Waals surface area contributed by atoms with Gasteiger partial charge in [-0.1, -0.05) is 41.7 Å². The van der Waals surface area contributed by atoms with Gasteiger partial charge in [0.05, 0.1) is 26.7 Å². The minimum absolute atomic E-state index is 0.171. The van der Waals surface area contributed by atoms with Gasteiger partial charge in [0.2, 0.25) is 5.91 Å². The highest BCUT2D eigenvalue weighted by Gasteiger charge is 2.16. The lowest BCUT2D eigenvalue weighted by molar-refractivity contribution is -0.119. The Morgan fingerprint density at radius 1 is 1.29 bits per heavy atom. The lowest BCUT2D eigenvalue weighted by Gasteiger charge is -2.14.